The fourth-order valence-electron chi connectivity index (χ4n) is 1.14. The summed E-state index contributed by atoms with van der Waals surface area (Å²) < 4.78 is 0. The molecule has 13 heavy (non-hydrogen) atoms. The first-order chi connectivity index (χ1) is 6.02. The Kier molecular flexibility index (Phi) is 3.46. The maximum atomic E-state index is 5.80. The van der Waals surface area contributed by atoms with Crippen LogP contribution in [0.4, 0.5) is 0 Å². The predicted octanol–water partition coefficient (Wildman–Crippen LogP) is 4.31. The van der Waals surface area contributed by atoms with Crippen LogP contribution in [0.25, 0.3) is 5.03 Å². The van der Waals surface area contributed by atoms with Crippen LogP contribution in [-0.4, -0.2) is 0 Å². The van der Waals surface area contributed by atoms with Gasteiger partial charge in [0.05, 0.1) is 0 Å². The van der Waals surface area contributed by atoms with Gasteiger partial charge in [-0.1, -0.05) is 44.2 Å². The Labute approximate surface area is 90.0 Å². The molecule has 1 aromatic rings. The maximum absolute atomic E-state index is 5.80. The van der Waals surface area contributed by atoms with Crippen LogP contribution in [0.2, 0.25) is 0 Å². The lowest BCUT2D eigenvalue weighted by Gasteiger charge is -2.08. The first-order valence-corrected chi connectivity index (χ1v) is 5.02. The van der Waals surface area contributed by atoms with Crippen molar-refractivity contribution in [3.63, 3.8) is 0 Å². The van der Waals surface area contributed by atoms with Crippen molar-refractivity contribution in [1.29, 1.82) is 0 Å². The molecule has 0 bridgehead atoms. The van der Waals surface area contributed by atoms with Crippen molar-refractivity contribution in [2.45, 2.75) is 24.7 Å². The van der Waals surface area contributed by atoms with Gasteiger partial charge in [0.25, 0.3) is 0 Å². The van der Waals surface area contributed by atoms with Gasteiger partial charge in [-0.3, -0.25) is 0 Å². The summed E-state index contributed by atoms with van der Waals surface area (Å²) in [5, 5.41) is 0.542. The first-order valence-electron chi connectivity index (χ1n) is 4.20. The summed E-state index contributed by atoms with van der Waals surface area (Å²) in [6.07, 6.45) is 0. The molecule has 0 aliphatic rings. The normalized spacial score (nSPS) is 10.5. The van der Waals surface area contributed by atoms with Crippen molar-refractivity contribution in [1.82, 2.24) is 0 Å². The SMILES string of the molecule is C=C(Cl)c1ccc(C(C)C)cc1S. The largest absolute Gasteiger partial charge is 0.143 e. The molecule has 0 spiro atoms. The van der Waals surface area contributed by atoms with E-state index in [9.17, 15) is 0 Å². The van der Waals surface area contributed by atoms with Gasteiger partial charge < -0.3 is 0 Å². The number of halogens is 1. The maximum Gasteiger partial charge on any atom is 0.0417 e. The molecule has 0 aliphatic carbocycles. The van der Waals surface area contributed by atoms with Crippen molar-refractivity contribution < 1.29 is 0 Å². The van der Waals surface area contributed by atoms with Crippen LogP contribution < -0.4 is 0 Å². The lowest BCUT2D eigenvalue weighted by Crippen LogP contribution is -1.89. The molecular formula is C11H13ClS. The molecule has 0 N–H and O–H groups in total. The Morgan fingerprint density at radius 1 is 1.46 bits per heavy atom. The lowest BCUT2D eigenvalue weighted by molar-refractivity contribution is 0.862. The molecule has 0 saturated carbocycles. The van der Waals surface area contributed by atoms with Crippen LogP contribution in [0.3, 0.4) is 0 Å². The van der Waals surface area contributed by atoms with Crippen molar-refractivity contribution in [3.05, 3.63) is 35.9 Å². The highest BCUT2D eigenvalue weighted by atomic mass is 35.5. The molecule has 0 atom stereocenters. The molecule has 0 radical (unpaired) electrons. The van der Waals surface area contributed by atoms with Crippen LogP contribution in [0, 0.1) is 0 Å². The van der Waals surface area contributed by atoms with Crippen molar-refractivity contribution in [3.8, 4) is 0 Å². The van der Waals surface area contributed by atoms with Crippen molar-refractivity contribution in [2.75, 3.05) is 0 Å². The van der Waals surface area contributed by atoms with Gasteiger partial charge >= 0.3 is 0 Å². The third-order valence-electron chi connectivity index (χ3n) is 1.98. The van der Waals surface area contributed by atoms with E-state index >= 15 is 0 Å². The highest BCUT2D eigenvalue weighted by Crippen LogP contribution is 2.27. The molecule has 0 nitrogen and oxygen atoms in total. The smallest absolute Gasteiger partial charge is 0.0417 e. The number of rotatable bonds is 2. The van der Waals surface area contributed by atoms with Crippen LogP contribution in [0.5, 0.6) is 0 Å². The molecule has 1 rings (SSSR count). The van der Waals surface area contributed by atoms with E-state index in [0.29, 0.717) is 11.0 Å². The summed E-state index contributed by atoms with van der Waals surface area (Å²) in [7, 11) is 0. The molecule has 1 aromatic carbocycles. The molecular weight excluding hydrogens is 200 g/mol. The third-order valence-corrected chi connectivity index (χ3v) is 2.55. The molecule has 0 heterocycles. The second-order valence-electron chi connectivity index (χ2n) is 3.34. The zero-order valence-electron chi connectivity index (χ0n) is 7.84. The monoisotopic (exact) mass is 212 g/mol. The second kappa shape index (κ2) is 4.21. The summed E-state index contributed by atoms with van der Waals surface area (Å²) in [4.78, 5) is 0.895. The van der Waals surface area contributed by atoms with Crippen molar-refractivity contribution in [2.24, 2.45) is 0 Å². The molecule has 0 fully saturated rings. The summed E-state index contributed by atoms with van der Waals surface area (Å²) in [5.41, 5.74) is 2.18. The Hall–Kier alpha value is -0.400. The van der Waals surface area contributed by atoms with Gasteiger partial charge in [0.1, 0.15) is 0 Å². The zero-order chi connectivity index (χ0) is 10.0. The van der Waals surface area contributed by atoms with E-state index in [1.807, 2.05) is 12.1 Å². The average molecular weight is 213 g/mol. The van der Waals surface area contributed by atoms with E-state index in [1.54, 1.807) is 0 Å². The van der Waals surface area contributed by atoms with Gasteiger partial charge in [0, 0.05) is 15.5 Å². The van der Waals surface area contributed by atoms with Gasteiger partial charge in [-0.15, -0.1) is 12.6 Å². The zero-order valence-corrected chi connectivity index (χ0v) is 9.49. The van der Waals surface area contributed by atoms with E-state index in [-0.39, 0.29) is 0 Å². The molecule has 0 aliphatic heterocycles. The molecule has 70 valence electrons. The Morgan fingerprint density at radius 3 is 2.46 bits per heavy atom. The quantitative estimate of drug-likeness (QED) is 0.694. The standard InChI is InChI=1S/C11H13ClS/c1-7(2)9-4-5-10(8(3)12)11(13)6-9/h4-7,13H,3H2,1-2H3. The molecule has 0 unspecified atom stereocenters. The van der Waals surface area contributed by atoms with Gasteiger partial charge in [0.2, 0.25) is 0 Å². The topological polar surface area (TPSA) is 0 Å². The number of hydrogen-bond donors (Lipinski definition) is 1. The number of hydrogen-bond acceptors (Lipinski definition) is 1. The Bertz CT molecular complexity index is 329. The summed E-state index contributed by atoms with van der Waals surface area (Å²) in [5.74, 6) is 0.517. The van der Waals surface area contributed by atoms with Crippen LogP contribution >= 0.6 is 24.2 Å². The van der Waals surface area contributed by atoms with Crippen LogP contribution in [0.15, 0.2) is 29.7 Å². The summed E-state index contributed by atoms with van der Waals surface area (Å²) in [6.45, 7) is 7.98. The fourth-order valence-corrected chi connectivity index (χ4v) is 1.73. The minimum Gasteiger partial charge on any atom is -0.143 e. The predicted molar refractivity (Wildman–Crippen MR) is 62.7 cm³/mol. The van der Waals surface area contributed by atoms with E-state index in [2.05, 4.69) is 39.1 Å². The molecule has 0 saturated heterocycles. The minimum atomic E-state index is 0.517. The molecule has 0 amide bonds. The van der Waals surface area contributed by atoms with Crippen molar-refractivity contribution >= 4 is 29.3 Å². The Morgan fingerprint density at radius 2 is 2.08 bits per heavy atom. The molecule has 0 aromatic heterocycles. The van der Waals surface area contributed by atoms with E-state index in [4.69, 9.17) is 11.6 Å². The summed E-state index contributed by atoms with van der Waals surface area (Å²) >= 11 is 10.2. The van der Waals surface area contributed by atoms with Gasteiger partial charge in [-0.2, -0.15) is 0 Å². The van der Waals surface area contributed by atoms with E-state index in [1.165, 1.54) is 5.56 Å². The summed E-state index contributed by atoms with van der Waals surface area (Å²) in [6, 6.07) is 6.07. The van der Waals surface area contributed by atoms with E-state index in [0.717, 1.165) is 10.5 Å². The second-order valence-corrected chi connectivity index (χ2v) is 4.27. The Balaban J connectivity index is 3.13. The minimum absolute atomic E-state index is 0.517. The van der Waals surface area contributed by atoms with Crippen LogP contribution in [-0.2, 0) is 0 Å². The first kappa shape index (κ1) is 10.7. The van der Waals surface area contributed by atoms with Crippen LogP contribution in [0.1, 0.15) is 30.9 Å². The number of benzene rings is 1. The lowest BCUT2D eigenvalue weighted by atomic mass is 10.0. The van der Waals surface area contributed by atoms with Gasteiger partial charge in [-0.05, 0) is 17.5 Å². The van der Waals surface area contributed by atoms with Gasteiger partial charge in [-0.25, -0.2) is 0 Å². The van der Waals surface area contributed by atoms with E-state index < -0.39 is 0 Å². The van der Waals surface area contributed by atoms with Gasteiger partial charge in [0.15, 0.2) is 0 Å². The molecule has 2 heteroatoms. The fraction of sp³-hybridized carbons (Fsp3) is 0.273. The third kappa shape index (κ3) is 2.52. The number of thiol groups is 1. The average Bonchev–Trinajstić information content (AvgIpc) is 2.03. The highest BCUT2D eigenvalue weighted by Gasteiger charge is 2.04. The highest BCUT2D eigenvalue weighted by molar-refractivity contribution is 7.80.